The first-order valence-corrected chi connectivity index (χ1v) is 9.40. The van der Waals surface area contributed by atoms with Crippen LogP contribution in [0.3, 0.4) is 0 Å². The molecule has 4 aromatic rings. The van der Waals surface area contributed by atoms with Gasteiger partial charge in [0.15, 0.2) is 5.78 Å². The van der Waals surface area contributed by atoms with Crippen molar-refractivity contribution in [1.82, 2.24) is 15.0 Å². The summed E-state index contributed by atoms with van der Waals surface area (Å²) >= 11 is 0. The van der Waals surface area contributed by atoms with E-state index >= 15 is 0 Å². The summed E-state index contributed by atoms with van der Waals surface area (Å²) < 4.78 is 5.75. The fourth-order valence-electron chi connectivity index (χ4n) is 3.11. The Balaban J connectivity index is 1.54. The third kappa shape index (κ3) is 3.97. The highest BCUT2D eigenvalue weighted by Crippen LogP contribution is 2.30. The number of Topliss-reactive ketones (excluding diaryl/α,β-unsaturated/α-hetero) is 1. The lowest BCUT2D eigenvalue weighted by Crippen LogP contribution is -2.12. The molecule has 0 spiro atoms. The van der Waals surface area contributed by atoms with Crippen molar-refractivity contribution < 1.29 is 14.6 Å². The van der Waals surface area contributed by atoms with E-state index in [1.807, 2.05) is 67.4 Å². The first kappa shape index (κ1) is 19.5. The van der Waals surface area contributed by atoms with Crippen LogP contribution in [-0.2, 0) is 0 Å². The molecule has 0 unspecified atom stereocenters. The maximum atomic E-state index is 11.5. The number of benzene rings is 2. The van der Waals surface area contributed by atoms with E-state index < -0.39 is 6.61 Å². The van der Waals surface area contributed by atoms with Gasteiger partial charge in [-0.15, -0.1) is 0 Å². The van der Waals surface area contributed by atoms with Crippen LogP contribution in [0.15, 0.2) is 66.9 Å². The van der Waals surface area contributed by atoms with E-state index in [4.69, 9.17) is 9.84 Å². The number of aryl methyl sites for hydroxylation is 1. The molecule has 150 valence electrons. The number of aromatic nitrogens is 3. The van der Waals surface area contributed by atoms with Crippen LogP contribution in [0.5, 0.6) is 11.6 Å². The minimum atomic E-state index is -0.544. The molecule has 0 atom stereocenters. The summed E-state index contributed by atoms with van der Waals surface area (Å²) in [5, 5.41) is 9.88. The van der Waals surface area contributed by atoms with Gasteiger partial charge in [-0.3, -0.25) is 4.79 Å². The van der Waals surface area contributed by atoms with Crippen molar-refractivity contribution in [3.05, 3.63) is 78.2 Å². The Morgan fingerprint density at radius 3 is 2.50 bits per heavy atom. The maximum Gasteiger partial charge on any atom is 0.219 e. The fraction of sp³-hybridized carbons (Fsp3) is 0.130. The second kappa shape index (κ2) is 8.26. The summed E-state index contributed by atoms with van der Waals surface area (Å²) in [4.78, 5) is 26.7. The van der Waals surface area contributed by atoms with Crippen LogP contribution in [0.25, 0.3) is 10.9 Å². The molecule has 7 heteroatoms. The predicted molar refractivity (Wildman–Crippen MR) is 115 cm³/mol. The largest absolute Gasteiger partial charge is 0.439 e. The van der Waals surface area contributed by atoms with E-state index in [0.29, 0.717) is 23.0 Å². The van der Waals surface area contributed by atoms with Crippen molar-refractivity contribution in [1.29, 1.82) is 0 Å². The van der Waals surface area contributed by atoms with E-state index in [-0.39, 0.29) is 5.78 Å². The summed E-state index contributed by atoms with van der Waals surface area (Å²) in [7, 11) is 1.96. The average Bonchev–Trinajstić information content (AvgIpc) is 2.78. The predicted octanol–water partition coefficient (Wildman–Crippen LogP) is 4.07. The minimum Gasteiger partial charge on any atom is -0.439 e. The molecule has 0 amide bonds. The van der Waals surface area contributed by atoms with E-state index in [9.17, 15) is 4.79 Å². The number of pyridine rings is 1. The molecule has 0 radical (unpaired) electrons. The molecule has 7 nitrogen and oxygen atoms in total. The number of ether oxygens (including phenoxy) is 1. The zero-order chi connectivity index (χ0) is 21.1. The van der Waals surface area contributed by atoms with Crippen LogP contribution < -0.4 is 9.64 Å². The Labute approximate surface area is 173 Å². The van der Waals surface area contributed by atoms with E-state index in [2.05, 4.69) is 15.0 Å². The van der Waals surface area contributed by atoms with Gasteiger partial charge in [0.1, 0.15) is 24.0 Å². The topological polar surface area (TPSA) is 88.4 Å². The molecule has 0 aliphatic carbocycles. The summed E-state index contributed by atoms with van der Waals surface area (Å²) in [5.74, 6) is 2.14. The number of carbonyl (C=O) groups excluding carboxylic acids is 1. The quantitative estimate of drug-likeness (QED) is 0.488. The molecule has 4 rings (SSSR count). The van der Waals surface area contributed by atoms with Gasteiger partial charge in [-0.25, -0.2) is 15.0 Å². The number of anilines is 2. The molecule has 2 aromatic carbocycles. The molecule has 1 N–H and O–H groups in total. The highest BCUT2D eigenvalue weighted by molar-refractivity contribution is 5.96. The first-order valence-electron chi connectivity index (χ1n) is 9.40. The molecule has 2 aromatic heterocycles. The Kier molecular flexibility index (Phi) is 5.36. The number of hydrogen-bond acceptors (Lipinski definition) is 7. The standard InChI is InChI=1S/C23H20N4O3/c1-15-25-20-6-4-3-5-19(20)23(26-15)27(2)17-8-10-18(11-9-17)30-22-12-7-16(13-24-22)21(29)14-28/h3-13,28H,14H2,1-2H3. The summed E-state index contributed by atoms with van der Waals surface area (Å²) in [6, 6.07) is 18.7. The molecular weight excluding hydrogens is 380 g/mol. The Hall–Kier alpha value is -3.84. The van der Waals surface area contributed by atoms with Gasteiger partial charge in [-0.2, -0.15) is 0 Å². The molecule has 2 heterocycles. The zero-order valence-corrected chi connectivity index (χ0v) is 16.6. The highest BCUT2D eigenvalue weighted by Gasteiger charge is 2.12. The van der Waals surface area contributed by atoms with Crippen molar-refractivity contribution in [2.75, 3.05) is 18.6 Å². The minimum absolute atomic E-state index is 0.342. The van der Waals surface area contributed by atoms with E-state index in [1.54, 1.807) is 12.1 Å². The van der Waals surface area contributed by atoms with Gasteiger partial charge in [0, 0.05) is 35.9 Å². The van der Waals surface area contributed by atoms with Crippen molar-refractivity contribution >= 4 is 28.2 Å². The molecule has 0 fully saturated rings. The first-order chi connectivity index (χ1) is 14.5. The second-order valence-corrected chi connectivity index (χ2v) is 6.73. The van der Waals surface area contributed by atoms with Crippen LogP contribution in [-0.4, -0.2) is 39.5 Å². The number of hydrogen-bond donors (Lipinski definition) is 1. The average molecular weight is 400 g/mol. The number of nitrogens with zero attached hydrogens (tertiary/aromatic N) is 4. The lowest BCUT2D eigenvalue weighted by molar-refractivity contribution is 0.0903. The van der Waals surface area contributed by atoms with Crippen LogP contribution in [0.2, 0.25) is 0 Å². The molecule has 0 saturated heterocycles. The molecule has 0 bridgehead atoms. The van der Waals surface area contributed by atoms with Crippen LogP contribution in [0.4, 0.5) is 11.5 Å². The fourth-order valence-corrected chi connectivity index (χ4v) is 3.11. The lowest BCUT2D eigenvalue weighted by atomic mass is 10.2. The van der Waals surface area contributed by atoms with Gasteiger partial charge < -0.3 is 14.7 Å². The molecular formula is C23H20N4O3. The number of ketones is 1. The maximum absolute atomic E-state index is 11.5. The summed E-state index contributed by atoms with van der Waals surface area (Å²) in [6.07, 6.45) is 1.39. The number of aliphatic hydroxyl groups excluding tert-OH is 1. The third-order valence-corrected chi connectivity index (χ3v) is 4.66. The molecule has 30 heavy (non-hydrogen) atoms. The van der Waals surface area contributed by atoms with Crippen molar-refractivity contribution in [2.45, 2.75) is 6.92 Å². The summed E-state index contributed by atoms with van der Waals surface area (Å²) in [5.41, 5.74) is 2.19. The normalized spacial score (nSPS) is 10.8. The third-order valence-electron chi connectivity index (χ3n) is 4.66. The zero-order valence-electron chi connectivity index (χ0n) is 16.6. The van der Waals surface area contributed by atoms with E-state index in [1.165, 1.54) is 6.20 Å². The summed E-state index contributed by atoms with van der Waals surface area (Å²) in [6.45, 7) is 1.34. The number of fused-ring (bicyclic) bond motifs is 1. The van der Waals surface area contributed by atoms with Gasteiger partial charge in [0.25, 0.3) is 0 Å². The number of carbonyl (C=O) groups is 1. The number of aliphatic hydroxyl groups is 1. The Morgan fingerprint density at radius 2 is 1.80 bits per heavy atom. The molecule has 0 saturated carbocycles. The Morgan fingerprint density at radius 1 is 1.03 bits per heavy atom. The van der Waals surface area contributed by atoms with Gasteiger partial charge in [0.2, 0.25) is 5.88 Å². The Bertz CT molecular complexity index is 1190. The molecule has 0 aliphatic rings. The van der Waals surface area contributed by atoms with Gasteiger partial charge in [-0.1, -0.05) is 12.1 Å². The number of rotatable bonds is 6. The van der Waals surface area contributed by atoms with Gasteiger partial charge >= 0.3 is 0 Å². The monoisotopic (exact) mass is 400 g/mol. The van der Waals surface area contributed by atoms with Gasteiger partial charge in [0.05, 0.1) is 5.52 Å². The molecule has 0 aliphatic heterocycles. The van der Waals surface area contributed by atoms with Crippen molar-refractivity contribution in [3.8, 4) is 11.6 Å². The van der Waals surface area contributed by atoms with Gasteiger partial charge in [-0.05, 0) is 49.4 Å². The smallest absolute Gasteiger partial charge is 0.219 e. The highest BCUT2D eigenvalue weighted by atomic mass is 16.5. The van der Waals surface area contributed by atoms with Crippen LogP contribution in [0.1, 0.15) is 16.2 Å². The van der Waals surface area contributed by atoms with E-state index in [0.717, 1.165) is 22.4 Å². The SMILES string of the molecule is Cc1nc(N(C)c2ccc(Oc3ccc(C(=O)CO)cn3)cc2)c2ccccc2n1. The number of para-hydroxylation sites is 1. The lowest BCUT2D eigenvalue weighted by Gasteiger charge is -2.20. The van der Waals surface area contributed by atoms with Crippen LogP contribution >= 0.6 is 0 Å². The van der Waals surface area contributed by atoms with Crippen molar-refractivity contribution in [2.24, 2.45) is 0 Å². The van der Waals surface area contributed by atoms with Crippen LogP contribution in [0, 0.1) is 6.92 Å². The van der Waals surface area contributed by atoms with Crippen molar-refractivity contribution in [3.63, 3.8) is 0 Å². The second-order valence-electron chi connectivity index (χ2n) is 6.73.